The van der Waals surface area contributed by atoms with Crippen molar-refractivity contribution in [3.8, 4) is 5.75 Å². The summed E-state index contributed by atoms with van der Waals surface area (Å²) in [6.07, 6.45) is 1.29. The van der Waals surface area contributed by atoms with Gasteiger partial charge in [0.15, 0.2) is 0 Å². The molecule has 0 radical (unpaired) electrons. The van der Waals surface area contributed by atoms with Crippen LogP contribution in [0.3, 0.4) is 0 Å². The van der Waals surface area contributed by atoms with E-state index in [4.69, 9.17) is 10.6 Å². The number of nitrogens with zero attached hydrogens (tertiary/aromatic N) is 1. The first-order chi connectivity index (χ1) is 11.1. The fraction of sp³-hybridized carbons (Fsp3) is 0.125. The van der Waals surface area contributed by atoms with Crippen LogP contribution in [0.25, 0.3) is 0 Å². The maximum absolute atomic E-state index is 12.3. The smallest absolute Gasteiger partial charge is 0.387 e. The molecule has 0 aliphatic carbocycles. The van der Waals surface area contributed by atoms with Gasteiger partial charge in [0.1, 0.15) is 12.4 Å². The molecule has 0 spiro atoms. The van der Waals surface area contributed by atoms with Gasteiger partial charge in [0.05, 0.1) is 6.21 Å². The first-order valence-electron chi connectivity index (χ1n) is 6.64. The van der Waals surface area contributed by atoms with Crippen molar-refractivity contribution in [1.29, 1.82) is 0 Å². The minimum atomic E-state index is -2.91. The zero-order valence-electron chi connectivity index (χ0n) is 12.0. The summed E-state index contributed by atoms with van der Waals surface area (Å²) in [5, 5.41) is 3.72. The Morgan fingerprint density at radius 1 is 1.17 bits per heavy atom. The molecule has 0 unspecified atom stereocenters. The van der Waals surface area contributed by atoms with Crippen molar-refractivity contribution in [2.24, 2.45) is 10.9 Å². The van der Waals surface area contributed by atoms with Gasteiger partial charge >= 0.3 is 6.61 Å². The van der Waals surface area contributed by atoms with E-state index in [0.29, 0.717) is 11.1 Å². The Labute approximate surface area is 131 Å². The van der Waals surface area contributed by atoms with Crippen molar-refractivity contribution in [3.63, 3.8) is 0 Å². The Bertz CT molecular complexity index is 688. The van der Waals surface area contributed by atoms with E-state index in [2.05, 4.69) is 9.89 Å². The first kappa shape index (κ1) is 16.4. The van der Waals surface area contributed by atoms with E-state index in [1.165, 1.54) is 12.3 Å². The van der Waals surface area contributed by atoms with Crippen molar-refractivity contribution in [2.45, 2.75) is 13.2 Å². The predicted molar refractivity (Wildman–Crippen MR) is 80.4 cm³/mol. The molecule has 120 valence electrons. The number of alkyl halides is 2. The second kappa shape index (κ2) is 7.88. The quantitative estimate of drug-likeness (QED) is 0.629. The minimum absolute atomic E-state index is 0.0145. The van der Waals surface area contributed by atoms with Crippen molar-refractivity contribution < 1.29 is 23.1 Å². The van der Waals surface area contributed by atoms with Gasteiger partial charge in [-0.3, -0.25) is 4.79 Å². The Hall–Kier alpha value is -2.96. The highest BCUT2D eigenvalue weighted by atomic mass is 19.3. The summed E-state index contributed by atoms with van der Waals surface area (Å²) in [7, 11) is 0. The van der Waals surface area contributed by atoms with Gasteiger partial charge in [0.25, 0.3) is 0 Å². The Balaban J connectivity index is 1.93. The number of hydrogen-bond donors (Lipinski definition) is 1. The molecule has 0 aliphatic heterocycles. The Morgan fingerprint density at radius 2 is 1.87 bits per heavy atom. The maximum Gasteiger partial charge on any atom is 0.387 e. The summed E-state index contributed by atoms with van der Waals surface area (Å²) in [5.41, 5.74) is 6.69. The molecule has 0 aromatic heterocycles. The van der Waals surface area contributed by atoms with Crippen LogP contribution < -0.4 is 10.5 Å². The lowest BCUT2D eigenvalue weighted by Gasteiger charge is -2.06. The maximum atomic E-state index is 12.3. The van der Waals surface area contributed by atoms with Crippen LogP contribution in [0, 0.1) is 0 Å². The number of carbonyl (C=O) groups is 1. The largest absolute Gasteiger partial charge is 0.434 e. The summed E-state index contributed by atoms with van der Waals surface area (Å²) < 4.78 is 28.9. The van der Waals surface area contributed by atoms with E-state index < -0.39 is 12.5 Å². The lowest BCUT2D eigenvalue weighted by atomic mass is 10.1. The van der Waals surface area contributed by atoms with Crippen LogP contribution in [0.5, 0.6) is 5.75 Å². The molecule has 0 saturated carbocycles. The van der Waals surface area contributed by atoms with E-state index in [1.807, 2.05) is 0 Å². The number of rotatable bonds is 7. The molecule has 2 aromatic carbocycles. The third kappa shape index (κ3) is 5.06. The second-order valence-electron chi connectivity index (χ2n) is 4.49. The average Bonchev–Trinajstić information content (AvgIpc) is 2.53. The van der Waals surface area contributed by atoms with Crippen molar-refractivity contribution in [3.05, 3.63) is 65.2 Å². The van der Waals surface area contributed by atoms with Gasteiger partial charge < -0.3 is 15.3 Å². The standard InChI is InChI=1S/C16H14F2N2O3/c17-16(18)23-14-4-2-1-3-13(14)9-20-22-10-11-5-7-12(8-6-11)15(19)21/h1-9,16H,10H2,(H2,19,21)/b20-9+. The lowest BCUT2D eigenvalue weighted by Crippen LogP contribution is -2.10. The molecular weight excluding hydrogens is 306 g/mol. The predicted octanol–water partition coefficient (Wildman–Crippen LogP) is 2.94. The van der Waals surface area contributed by atoms with E-state index in [-0.39, 0.29) is 12.4 Å². The number of para-hydroxylation sites is 1. The number of primary amides is 1. The molecule has 2 rings (SSSR count). The van der Waals surface area contributed by atoms with Crippen molar-refractivity contribution in [1.82, 2.24) is 0 Å². The molecule has 5 nitrogen and oxygen atoms in total. The Morgan fingerprint density at radius 3 is 2.52 bits per heavy atom. The van der Waals surface area contributed by atoms with Crippen LogP contribution in [0.4, 0.5) is 8.78 Å². The number of nitrogens with two attached hydrogens (primary N) is 1. The van der Waals surface area contributed by atoms with E-state index in [1.54, 1.807) is 42.5 Å². The van der Waals surface area contributed by atoms with Crippen LogP contribution in [0.2, 0.25) is 0 Å². The molecule has 0 atom stereocenters. The summed E-state index contributed by atoms with van der Waals surface area (Å²) in [6, 6.07) is 12.8. The molecule has 0 saturated heterocycles. The molecule has 0 aliphatic rings. The minimum Gasteiger partial charge on any atom is -0.434 e. The van der Waals surface area contributed by atoms with Gasteiger partial charge in [0.2, 0.25) is 5.91 Å². The lowest BCUT2D eigenvalue weighted by molar-refractivity contribution is -0.0499. The van der Waals surface area contributed by atoms with Gasteiger partial charge in [-0.2, -0.15) is 8.78 Å². The molecule has 0 bridgehead atoms. The normalized spacial score (nSPS) is 10.9. The number of ether oxygens (including phenoxy) is 1. The molecule has 2 N–H and O–H groups in total. The highest BCUT2D eigenvalue weighted by Gasteiger charge is 2.07. The fourth-order valence-electron chi connectivity index (χ4n) is 1.76. The summed E-state index contributed by atoms with van der Waals surface area (Å²) >= 11 is 0. The number of halogens is 2. The van der Waals surface area contributed by atoms with Crippen LogP contribution in [0.15, 0.2) is 53.7 Å². The van der Waals surface area contributed by atoms with Gasteiger partial charge in [0, 0.05) is 11.1 Å². The molecule has 1 amide bonds. The summed E-state index contributed by atoms with van der Waals surface area (Å²) in [4.78, 5) is 16.0. The third-order valence-corrected chi connectivity index (χ3v) is 2.87. The summed E-state index contributed by atoms with van der Waals surface area (Å²) in [5.74, 6) is -0.494. The molecule has 23 heavy (non-hydrogen) atoms. The van der Waals surface area contributed by atoms with Crippen molar-refractivity contribution in [2.75, 3.05) is 0 Å². The zero-order valence-corrected chi connectivity index (χ0v) is 12.0. The van der Waals surface area contributed by atoms with E-state index in [9.17, 15) is 13.6 Å². The van der Waals surface area contributed by atoms with Gasteiger partial charge in [-0.25, -0.2) is 0 Å². The van der Waals surface area contributed by atoms with Crippen LogP contribution in [0.1, 0.15) is 21.5 Å². The zero-order chi connectivity index (χ0) is 16.7. The third-order valence-electron chi connectivity index (χ3n) is 2.87. The SMILES string of the molecule is NC(=O)c1ccc(CO/N=C/c2ccccc2OC(F)F)cc1. The highest BCUT2D eigenvalue weighted by Crippen LogP contribution is 2.18. The molecule has 0 heterocycles. The number of carbonyl (C=O) groups excluding carboxylic acids is 1. The van der Waals surface area contributed by atoms with Gasteiger partial charge in [-0.1, -0.05) is 29.4 Å². The molecule has 0 fully saturated rings. The van der Waals surface area contributed by atoms with Crippen LogP contribution >= 0.6 is 0 Å². The fourth-order valence-corrected chi connectivity index (χ4v) is 1.76. The van der Waals surface area contributed by atoms with Crippen molar-refractivity contribution >= 4 is 12.1 Å². The second-order valence-corrected chi connectivity index (χ2v) is 4.49. The molecule has 2 aromatic rings. The van der Waals surface area contributed by atoms with Gasteiger partial charge in [-0.05, 0) is 29.8 Å². The number of benzene rings is 2. The van der Waals surface area contributed by atoms with Crippen LogP contribution in [-0.4, -0.2) is 18.7 Å². The summed E-state index contributed by atoms with van der Waals surface area (Å²) in [6.45, 7) is -2.75. The number of oxime groups is 1. The molecule has 7 heteroatoms. The first-order valence-corrected chi connectivity index (χ1v) is 6.64. The van der Waals surface area contributed by atoms with Crippen LogP contribution in [-0.2, 0) is 11.4 Å². The highest BCUT2D eigenvalue weighted by molar-refractivity contribution is 5.92. The Kier molecular flexibility index (Phi) is 5.62. The number of hydrogen-bond acceptors (Lipinski definition) is 4. The topological polar surface area (TPSA) is 73.9 Å². The van der Waals surface area contributed by atoms with Gasteiger partial charge in [-0.15, -0.1) is 0 Å². The van der Waals surface area contributed by atoms with E-state index in [0.717, 1.165) is 5.56 Å². The molecular formula is C16H14F2N2O3. The monoisotopic (exact) mass is 320 g/mol. The average molecular weight is 320 g/mol. The number of amides is 1. The van der Waals surface area contributed by atoms with E-state index >= 15 is 0 Å².